The summed E-state index contributed by atoms with van der Waals surface area (Å²) in [5.74, 6) is -0.0844. The summed E-state index contributed by atoms with van der Waals surface area (Å²) < 4.78 is 23.8. The number of nitrogens with one attached hydrogen (secondary N) is 1. The average molecular weight is 465 g/mol. The number of imidazole rings is 1. The molecular weight excluding hydrogens is 439 g/mol. The molecule has 4 rings (SSSR count). The minimum Gasteiger partial charge on any atom is -0.379 e. The second kappa shape index (κ2) is 9.43. The first-order valence-electron chi connectivity index (χ1n) is 10.5. The summed E-state index contributed by atoms with van der Waals surface area (Å²) in [7, 11) is 2.96. The zero-order valence-electron chi connectivity index (χ0n) is 18.1. The summed E-state index contributed by atoms with van der Waals surface area (Å²) in [4.78, 5) is 32.2. The molecule has 3 heterocycles. The van der Waals surface area contributed by atoms with Gasteiger partial charge in [-0.15, -0.1) is 0 Å². The molecule has 32 heavy (non-hydrogen) atoms. The van der Waals surface area contributed by atoms with Crippen LogP contribution in [0.25, 0.3) is 11.2 Å². The maximum Gasteiger partial charge on any atom is 0.332 e. The SMILES string of the molecule is Cn1c(=O)c2c(nc(NCCCN3CCOCC3)n2Cc2c(F)cccc2Cl)n(C)c1=O. The summed E-state index contributed by atoms with van der Waals surface area (Å²) in [5.41, 5.74) is -0.272. The smallest absolute Gasteiger partial charge is 0.332 e. The Morgan fingerprint density at radius 1 is 1.19 bits per heavy atom. The number of morpholine rings is 1. The molecule has 0 aliphatic carbocycles. The molecule has 2 aromatic heterocycles. The Kier molecular flexibility index (Phi) is 6.63. The topological polar surface area (TPSA) is 86.3 Å². The molecule has 0 bridgehead atoms. The molecule has 0 spiro atoms. The molecule has 1 fully saturated rings. The quantitative estimate of drug-likeness (QED) is 0.532. The zero-order valence-corrected chi connectivity index (χ0v) is 18.9. The van der Waals surface area contributed by atoms with Gasteiger partial charge in [-0.3, -0.25) is 23.4 Å². The standard InChI is InChI=1S/C21H26ClFN6O3/c1-26-18-17(19(30)27(2)21(26)31)29(13-14-15(22)5-3-6-16(14)23)20(25-18)24-7-4-8-28-9-11-32-12-10-28/h3,5-6H,4,7-13H2,1-2H3,(H,24,25). The third kappa shape index (κ3) is 4.30. The monoisotopic (exact) mass is 464 g/mol. The lowest BCUT2D eigenvalue weighted by atomic mass is 10.2. The highest BCUT2D eigenvalue weighted by Gasteiger charge is 2.21. The summed E-state index contributed by atoms with van der Waals surface area (Å²) in [6.07, 6.45) is 0.848. The van der Waals surface area contributed by atoms with Crippen molar-refractivity contribution in [3.63, 3.8) is 0 Å². The van der Waals surface area contributed by atoms with Gasteiger partial charge < -0.3 is 10.1 Å². The van der Waals surface area contributed by atoms with Crippen LogP contribution in [0.3, 0.4) is 0 Å². The molecule has 1 aromatic carbocycles. The number of anilines is 1. The molecule has 1 N–H and O–H groups in total. The Bertz CT molecular complexity index is 1220. The fourth-order valence-corrected chi connectivity index (χ4v) is 4.13. The van der Waals surface area contributed by atoms with Crippen LogP contribution in [-0.4, -0.2) is 63.0 Å². The average Bonchev–Trinajstić information content (AvgIpc) is 3.15. The van der Waals surface area contributed by atoms with Crippen LogP contribution in [0.15, 0.2) is 27.8 Å². The second-order valence-corrected chi connectivity index (χ2v) is 8.24. The van der Waals surface area contributed by atoms with E-state index in [4.69, 9.17) is 16.3 Å². The molecule has 172 valence electrons. The molecule has 9 nitrogen and oxygen atoms in total. The van der Waals surface area contributed by atoms with Crippen LogP contribution >= 0.6 is 11.6 Å². The third-order valence-corrected chi connectivity index (χ3v) is 6.12. The van der Waals surface area contributed by atoms with Crippen molar-refractivity contribution in [1.29, 1.82) is 0 Å². The normalized spacial score (nSPS) is 14.9. The maximum absolute atomic E-state index is 14.5. The van der Waals surface area contributed by atoms with Crippen molar-refractivity contribution in [2.75, 3.05) is 44.7 Å². The number of benzene rings is 1. The molecule has 0 unspecified atom stereocenters. The number of ether oxygens (including phenoxy) is 1. The van der Waals surface area contributed by atoms with E-state index < -0.39 is 17.1 Å². The number of aryl methyl sites for hydroxylation is 1. The number of hydrogen-bond donors (Lipinski definition) is 1. The van der Waals surface area contributed by atoms with Crippen LogP contribution in [0, 0.1) is 5.82 Å². The van der Waals surface area contributed by atoms with E-state index in [1.807, 2.05) is 0 Å². The van der Waals surface area contributed by atoms with Crippen LogP contribution in [0.5, 0.6) is 0 Å². The minimum absolute atomic E-state index is 0.00124. The number of fused-ring (bicyclic) bond motifs is 1. The fraction of sp³-hybridized carbons (Fsp3) is 0.476. The zero-order chi connectivity index (χ0) is 22.8. The van der Waals surface area contributed by atoms with Crippen molar-refractivity contribution >= 4 is 28.7 Å². The van der Waals surface area contributed by atoms with Gasteiger partial charge in [-0.05, 0) is 25.1 Å². The second-order valence-electron chi connectivity index (χ2n) is 7.83. The molecule has 11 heteroatoms. The van der Waals surface area contributed by atoms with Gasteiger partial charge in [-0.1, -0.05) is 17.7 Å². The summed E-state index contributed by atoms with van der Waals surface area (Å²) >= 11 is 6.24. The number of halogens is 2. The van der Waals surface area contributed by atoms with Gasteiger partial charge in [-0.25, -0.2) is 9.18 Å². The third-order valence-electron chi connectivity index (χ3n) is 5.76. The van der Waals surface area contributed by atoms with Gasteiger partial charge in [0.15, 0.2) is 11.2 Å². The van der Waals surface area contributed by atoms with E-state index in [1.165, 1.54) is 23.7 Å². The summed E-state index contributed by atoms with van der Waals surface area (Å²) in [5, 5.41) is 3.52. The van der Waals surface area contributed by atoms with Crippen LogP contribution < -0.4 is 16.6 Å². The Balaban J connectivity index is 1.68. The largest absolute Gasteiger partial charge is 0.379 e. The fourth-order valence-electron chi connectivity index (χ4n) is 3.90. The predicted octanol–water partition coefficient (Wildman–Crippen LogP) is 1.41. The molecule has 0 saturated carbocycles. The van der Waals surface area contributed by atoms with Crippen LogP contribution in [0.2, 0.25) is 5.02 Å². The number of rotatable bonds is 7. The first-order valence-corrected chi connectivity index (χ1v) is 10.9. The van der Waals surface area contributed by atoms with E-state index in [-0.39, 0.29) is 28.3 Å². The van der Waals surface area contributed by atoms with E-state index in [0.717, 1.165) is 43.8 Å². The highest BCUT2D eigenvalue weighted by atomic mass is 35.5. The van der Waals surface area contributed by atoms with Crippen molar-refractivity contribution in [3.8, 4) is 0 Å². The van der Waals surface area contributed by atoms with E-state index in [1.54, 1.807) is 17.7 Å². The van der Waals surface area contributed by atoms with E-state index in [0.29, 0.717) is 12.5 Å². The van der Waals surface area contributed by atoms with Crippen molar-refractivity contribution in [2.24, 2.45) is 14.1 Å². The molecule has 1 aliphatic heterocycles. The maximum atomic E-state index is 14.5. The number of hydrogen-bond acceptors (Lipinski definition) is 6. The molecule has 0 radical (unpaired) electrons. The van der Waals surface area contributed by atoms with Gasteiger partial charge in [0.1, 0.15) is 5.82 Å². The van der Waals surface area contributed by atoms with Crippen LogP contribution in [0.4, 0.5) is 10.3 Å². The molecule has 1 aliphatic rings. The van der Waals surface area contributed by atoms with Crippen LogP contribution in [0.1, 0.15) is 12.0 Å². The Morgan fingerprint density at radius 3 is 2.66 bits per heavy atom. The lowest BCUT2D eigenvalue weighted by Gasteiger charge is -2.26. The molecule has 1 saturated heterocycles. The Labute approximate surface area is 189 Å². The lowest BCUT2D eigenvalue weighted by molar-refractivity contribution is 0.0378. The van der Waals surface area contributed by atoms with Gasteiger partial charge >= 0.3 is 5.69 Å². The Hall–Kier alpha value is -2.69. The van der Waals surface area contributed by atoms with E-state index in [9.17, 15) is 14.0 Å². The molecular formula is C21H26ClFN6O3. The first-order chi connectivity index (χ1) is 15.4. The van der Waals surface area contributed by atoms with Crippen molar-refractivity contribution < 1.29 is 9.13 Å². The van der Waals surface area contributed by atoms with Gasteiger partial charge in [0.2, 0.25) is 5.95 Å². The minimum atomic E-state index is -0.496. The molecule has 0 amide bonds. The van der Waals surface area contributed by atoms with Crippen molar-refractivity contribution in [3.05, 3.63) is 55.4 Å². The number of aromatic nitrogens is 4. The summed E-state index contributed by atoms with van der Waals surface area (Å²) in [6.45, 7) is 4.79. The number of nitrogens with zero attached hydrogens (tertiary/aromatic N) is 5. The highest BCUT2D eigenvalue weighted by molar-refractivity contribution is 6.31. The highest BCUT2D eigenvalue weighted by Crippen LogP contribution is 2.24. The van der Waals surface area contributed by atoms with Gasteiger partial charge in [0.05, 0.1) is 19.8 Å². The molecule has 0 atom stereocenters. The van der Waals surface area contributed by atoms with Crippen molar-refractivity contribution in [2.45, 2.75) is 13.0 Å². The summed E-state index contributed by atoms with van der Waals surface area (Å²) in [6, 6.07) is 4.45. The van der Waals surface area contributed by atoms with Gasteiger partial charge in [0, 0.05) is 44.3 Å². The van der Waals surface area contributed by atoms with Crippen molar-refractivity contribution in [1.82, 2.24) is 23.6 Å². The lowest BCUT2D eigenvalue weighted by Crippen LogP contribution is -2.37. The molecule has 3 aromatic rings. The van der Waals surface area contributed by atoms with Gasteiger partial charge in [-0.2, -0.15) is 4.98 Å². The van der Waals surface area contributed by atoms with E-state index >= 15 is 0 Å². The predicted molar refractivity (Wildman–Crippen MR) is 121 cm³/mol. The van der Waals surface area contributed by atoms with Gasteiger partial charge in [0.25, 0.3) is 5.56 Å². The van der Waals surface area contributed by atoms with Crippen LogP contribution in [-0.2, 0) is 25.4 Å². The van der Waals surface area contributed by atoms with E-state index in [2.05, 4.69) is 15.2 Å². The first kappa shape index (κ1) is 22.5. The Morgan fingerprint density at radius 2 is 1.94 bits per heavy atom.